The van der Waals surface area contributed by atoms with Crippen LogP contribution in [-0.2, 0) is 0 Å². The summed E-state index contributed by atoms with van der Waals surface area (Å²) in [7, 11) is 0. The highest BCUT2D eigenvalue weighted by atomic mass is 127. The molecule has 2 amide bonds. The number of rotatable bonds is 3. The highest BCUT2D eigenvalue weighted by Crippen LogP contribution is 2.17. The smallest absolute Gasteiger partial charge is 0.255 e. The number of nitrogens with zero attached hydrogens (tertiary/aromatic N) is 1. The Hall–Kier alpha value is -1.89. The summed E-state index contributed by atoms with van der Waals surface area (Å²) in [6.07, 6.45) is 3.32. The molecule has 2 aromatic rings. The molecule has 1 fully saturated rings. The number of carbonyl (C=O) groups is 2. The van der Waals surface area contributed by atoms with Crippen LogP contribution in [0.25, 0.3) is 0 Å². The Labute approximate surface area is 155 Å². The van der Waals surface area contributed by atoms with E-state index in [1.165, 1.54) is 6.42 Å². The van der Waals surface area contributed by atoms with E-state index in [2.05, 4.69) is 27.9 Å². The van der Waals surface area contributed by atoms with E-state index in [1.807, 2.05) is 17.0 Å². The van der Waals surface area contributed by atoms with E-state index in [0.717, 1.165) is 29.5 Å². The summed E-state index contributed by atoms with van der Waals surface area (Å²) in [5.74, 6) is -0.131. The minimum absolute atomic E-state index is 0.0417. The van der Waals surface area contributed by atoms with Gasteiger partial charge in [-0.05, 0) is 84.3 Å². The molecule has 0 aliphatic carbocycles. The van der Waals surface area contributed by atoms with Crippen molar-refractivity contribution < 1.29 is 9.59 Å². The molecule has 24 heavy (non-hydrogen) atoms. The fourth-order valence-corrected chi connectivity index (χ4v) is 3.17. The third-order valence-electron chi connectivity index (χ3n) is 4.12. The first kappa shape index (κ1) is 17.0. The number of likely N-dealkylation sites (tertiary alicyclic amines) is 1. The number of benzene rings is 2. The second-order valence-electron chi connectivity index (χ2n) is 5.89. The summed E-state index contributed by atoms with van der Waals surface area (Å²) in [6.45, 7) is 1.64. The summed E-state index contributed by atoms with van der Waals surface area (Å²) in [6, 6.07) is 14.5. The first-order chi connectivity index (χ1) is 11.6. The first-order valence-corrected chi connectivity index (χ1v) is 9.17. The number of amides is 2. The number of nitrogens with one attached hydrogen (secondary N) is 1. The third-order valence-corrected chi connectivity index (χ3v) is 4.84. The zero-order valence-electron chi connectivity index (χ0n) is 13.3. The van der Waals surface area contributed by atoms with Crippen LogP contribution in [0.2, 0.25) is 0 Å². The summed E-state index contributed by atoms with van der Waals surface area (Å²) >= 11 is 2.20. The van der Waals surface area contributed by atoms with Crippen LogP contribution in [0.15, 0.2) is 48.5 Å². The topological polar surface area (TPSA) is 49.4 Å². The van der Waals surface area contributed by atoms with Crippen LogP contribution in [-0.4, -0.2) is 29.8 Å². The quantitative estimate of drug-likeness (QED) is 0.738. The molecule has 0 unspecified atom stereocenters. The van der Waals surface area contributed by atoms with Crippen molar-refractivity contribution in [3.8, 4) is 0 Å². The molecule has 1 saturated heterocycles. The molecule has 1 heterocycles. The lowest BCUT2D eigenvalue weighted by atomic mass is 10.1. The molecule has 1 N–H and O–H groups in total. The Bertz CT molecular complexity index is 737. The first-order valence-electron chi connectivity index (χ1n) is 8.10. The van der Waals surface area contributed by atoms with Crippen molar-refractivity contribution in [3.05, 3.63) is 63.2 Å². The predicted molar refractivity (Wildman–Crippen MR) is 103 cm³/mol. The zero-order chi connectivity index (χ0) is 16.9. The lowest BCUT2D eigenvalue weighted by molar-refractivity contribution is 0.0724. The number of carbonyl (C=O) groups excluding carboxylic acids is 2. The molecular formula is C19H19IN2O2. The van der Waals surface area contributed by atoms with Gasteiger partial charge in [-0.2, -0.15) is 0 Å². The van der Waals surface area contributed by atoms with E-state index in [4.69, 9.17) is 0 Å². The van der Waals surface area contributed by atoms with Crippen LogP contribution < -0.4 is 5.32 Å². The number of halogens is 1. The van der Waals surface area contributed by atoms with E-state index in [0.29, 0.717) is 16.8 Å². The lowest BCUT2D eigenvalue weighted by Gasteiger charge is -2.26. The fourth-order valence-electron chi connectivity index (χ4n) is 2.81. The predicted octanol–water partition coefficient (Wildman–Crippen LogP) is 4.17. The number of hydrogen-bond acceptors (Lipinski definition) is 2. The van der Waals surface area contributed by atoms with Gasteiger partial charge >= 0.3 is 0 Å². The molecular weight excluding hydrogens is 415 g/mol. The van der Waals surface area contributed by atoms with Gasteiger partial charge in [0, 0.05) is 33.5 Å². The standard InChI is InChI=1S/C19H19IN2O2/c20-16-9-7-14(8-10-16)18(23)21-17-6-4-5-15(13-17)19(24)22-11-2-1-3-12-22/h4-10,13H,1-3,11-12H2,(H,21,23). The normalized spacial score (nSPS) is 14.3. The highest BCUT2D eigenvalue weighted by molar-refractivity contribution is 14.1. The van der Waals surface area contributed by atoms with E-state index < -0.39 is 0 Å². The summed E-state index contributed by atoms with van der Waals surface area (Å²) in [5, 5.41) is 2.86. The van der Waals surface area contributed by atoms with Gasteiger partial charge in [0.1, 0.15) is 0 Å². The Balaban J connectivity index is 1.71. The van der Waals surface area contributed by atoms with Crippen LogP contribution in [0.4, 0.5) is 5.69 Å². The lowest BCUT2D eigenvalue weighted by Crippen LogP contribution is -2.35. The Morgan fingerprint density at radius 3 is 2.33 bits per heavy atom. The van der Waals surface area contributed by atoms with E-state index in [-0.39, 0.29) is 11.8 Å². The Kier molecular flexibility index (Phi) is 5.50. The Morgan fingerprint density at radius 2 is 1.62 bits per heavy atom. The highest BCUT2D eigenvalue weighted by Gasteiger charge is 2.18. The van der Waals surface area contributed by atoms with Crippen molar-refractivity contribution in [3.63, 3.8) is 0 Å². The van der Waals surface area contributed by atoms with E-state index in [1.54, 1.807) is 36.4 Å². The minimum atomic E-state index is -0.172. The van der Waals surface area contributed by atoms with Gasteiger partial charge < -0.3 is 10.2 Å². The molecule has 3 rings (SSSR count). The van der Waals surface area contributed by atoms with Crippen LogP contribution >= 0.6 is 22.6 Å². The molecule has 0 radical (unpaired) electrons. The summed E-state index contributed by atoms with van der Waals surface area (Å²) in [4.78, 5) is 26.7. The Morgan fingerprint density at radius 1 is 0.917 bits per heavy atom. The molecule has 2 aromatic carbocycles. The van der Waals surface area contributed by atoms with Gasteiger partial charge in [-0.25, -0.2) is 0 Å². The monoisotopic (exact) mass is 434 g/mol. The van der Waals surface area contributed by atoms with Gasteiger partial charge in [0.25, 0.3) is 11.8 Å². The maximum Gasteiger partial charge on any atom is 0.255 e. The van der Waals surface area contributed by atoms with Gasteiger partial charge in [-0.1, -0.05) is 6.07 Å². The van der Waals surface area contributed by atoms with Gasteiger partial charge in [-0.3, -0.25) is 9.59 Å². The van der Waals surface area contributed by atoms with Crippen molar-refractivity contribution in [1.29, 1.82) is 0 Å². The molecule has 0 spiro atoms. The maximum atomic E-state index is 12.6. The van der Waals surface area contributed by atoms with Crippen LogP contribution in [0.1, 0.15) is 40.0 Å². The van der Waals surface area contributed by atoms with Crippen LogP contribution in [0.3, 0.4) is 0 Å². The van der Waals surface area contributed by atoms with Gasteiger partial charge in [0.2, 0.25) is 0 Å². The van der Waals surface area contributed by atoms with E-state index in [9.17, 15) is 9.59 Å². The van der Waals surface area contributed by atoms with Crippen molar-refractivity contribution in [2.75, 3.05) is 18.4 Å². The zero-order valence-corrected chi connectivity index (χ0v) is 15.5. The fraction of sp³-hybridized carbons (Fsp3) is 0.263. The van der Waals surface area contributed by atoms with Crippen molar-refractivity contribution >= 4 is 40.1 Å². The maximum absolute atomic E-state index is 12.6. The summed E-state index contributed by atoms with van der Waals surface area (Å²) in [5.41, 5.74) is 1.86. The SMILES string of the molecule is O=C(Nc1cccc(C(=O)N2CCCCC2)c1)c1ccc(I)cc1. The molecule has 0 bridgehead atoms. The molecule has 5 heteroatoms. The molecule has 0 saturated carbocycles. The van der Waals surface area contributed by atoms with Crippen LogP contribution in [0, 0.1) is 3.57 Å². The second kappa shape index (κ2) is 7.79. The molecule has 0 atom stereocenters. The molecule has 0 aromatic heterocycles. The van der Waals surface area contributed by atoms with Crippen molar-refractivity contribution in [2.24, 2.45) is 0 Å². The van der Waals surface area contributed by atoms with Gasteiger partial charge in [0.05, 0.1) is 0 Å². The molecule has 1 aliphatic heterocycles. The average molecular weight is 434 g/mol. The van der Waals surface area contributed by atoms with Crippen molar-refractivity contribution in [2.45, 2.75) is 19.3 Å². The van der Waals surface area contributed by atoms with Gasteiger partial charge in [0.15, 0.2) is 0 Å². The van der Waals surface area contributed by atoms with Gasteiger partial charge in [-0.15, -0.1) is 0 Å². The average Bonchev–Trinajstić information content (AvgIpc) is 2.62. The largest absolute Gasteiger partial charge is 0.339 e. The second-order valence-corrected chi connectivity index (χ2v) is 7.14. The van der Waals surface area contributed by atoms with Crippen LogP contribution in [0.5, 0.6) is 0 Å². The summed E-state index contributed by atoms with van der Waals surface area (Å²) < 4.78 is 1.08. The van der Waals surface area contributed by atoms with E-state index >= 15 is 0 Å². The minimum Gasteiger partial charge on any atom is -0.339 e. The third kappa shape index (κ3) is 4.14. The molecule has 1 aliphatic rings. The number of hydrogen-bond donors (Lipinski definition) is 1. The number of piperidine rings is 1. The number of anilines is 1. The molecule has 4 nitrogen and oxygen atoms in total. The molecule has 124 valence electrons. The van der Waals surface area contributed by atoms with Crippen molar-refractivity contribution in [1.82, 2.24) is 4.90 Å².